The van der Waals surface area contributed by atoms with Crippen LogP contribution in [0.1, 0.15) is 35.2 Å². The van der Waals surface area contributed by atoms with Gasteiger partial charge in [-0.1, -0.05) is 12.1 Å². The zero-order valence-corrected chi connectivity index (χ0v) is 15.7. The van der Waals surface area contributed by atoms with Crippen molar-refractivity contribution in [3.63, 3.8) is 0 Å². The molecule has 0 saturated carbocycles. The topological polar surface area (TPSA) is 82.6 Å². The molecule has 1 aliphatic rings. The highest BCUT2D eigenvalue weighted by Gasteiger charge is 2.26. The first kappa shape index (κ1) is 18.1. The Morgan fingerprint density at radius 1 is 1.18 bits per heavy atom. The number of piperidine rings is 1. The summed E-state index contributed by atoms with van der Waals surface area (Å²) in [6.45, 7) is 1.55. The number of amides is 1. The molecule has 0 bridgehead atoms. The third-order valence-electron chi connectivity index (χ3n) is 4.87. The third kappa shape index (κ3) is 3.85. The van der Waals surface area contributed by atoms with Crippen molar-refractivity contribution >= 4 is 5.91 Å². The molecule has 4 rings (SSSR count). The van der Waals surface area contributed by atoms with Gasteiger partial charge in [-0.3, -0.25) is 4.79 Å². The number of furan rings is 1. The van der Waals surface area contributed by atoms with Crippen LogP contribution in [-0.4, -0.2) is 45.8 Å². The third-order valence-corrected chi connectivity index (χ3v) is 4.87. The predicted octanol–water partition coefficient (Wildman–Crippen LogP) is 2.94. The molecule has 1 saturated heterocycles. The van der Waals surface area contributed by atoms with Crippen molar-refractivity contribution in [3.8, 4) is 11.5 Å². The van der Waals surface area contributed by atoms with E-state index in [1.54, 1.807) is 25.6 Å². The Hall–Kier alpha value is -3.29. The second kappa shape index (κ2) is 8.16. The van der Waals surface area contributed by atoms with Crippen molar-refractivity contribution in [2.24, 2.45) is 0 Å². The lowest BCUT2D eigenvalue weighted by molar-refractivity contribution is 0.0654. The number of rotatable bonds is 6. The van der Waals surface area contributed by atoms with Crippen LogP contribution in [0, 0.1) is 0 Å². The Labute approximate surface area is 162 Å². The van der Waals surface area contributed by atoms with E-state index in [2.05, 4.69) is 10.1 Å². The van der Waals surface area contributed by atoms with Crippen LogP contribution in [0.15, 0.2) is 53.5 Å². The molecule has 2 aromatic heterocycles. The smallest absolute Gasteiger partial charge is 0.289 e. The number of ether oxygens (including phenoxy) is 2. The predicted molar refractivity (Wildman–Crippen MR) is 100 cm³/mol. The highest BCUT2D eigenvalue weighted by atomic mass is 16.5. The molecule has 0 spiro atoms. The SMILES string of the molecule is COc1ccccc1OCc1ccc(C(=O)N2CCC(n3cncn3)CC2)o1. The standard InChI is InChI=1S/C20H22N4O4/c1-26-17-4-2-3-5-18(17)27-12-16-6-7-19(28-16)20(25)23-10-8-15(9-11-23)24-14-21-13-22-24/h2-7,13-15H,8-12H2,1H3. The molecule has 3 aromatic rings. The van der Waals surface area contributed by atoms with Crippen LogP contribution < -0.4 is 9.47 Å². The lowest BCUT2D eigenvalue weighted by Crippen LogP contribution is -2.39. The highest BCUT2D eigenvalue weighted by molar-refractivity contribution is 5.91. The summed E-state index contributed by atoms with van der Waals surface area (Å²) in [6.07, 6.45) is 4.96. The van der Waals surface area contributed by atoms with Crippen molar-refractivity contribution < 1.29 is 18.7 Å². The second-order valence-corrected chi connectivity index (χ2v) is 6.60. The number of carbonyl (C=O) groups is 1. The molecule has 8 nitrogen and oxygen atoms in total. The van der Waals surface area contributed by atoms with Gasteiger partial charge in [0.2, 0.25) is 0 Å². The number of methoxy groups -OCH3 is 1. The van der Waals surface area contributed by atoms with Crippen LogP contribution in [0.25, 0.3) is 0 Å². The fourth-order valence-electron chi connectivity index (χ4n) is 3.35. The van der Waals surface area contributed by atoms with E-state index < -0.39 is 0 Å². The summed E-state index contributed by atoms with van der Waals surface area (Å²) < 4.78 is 18.6. The molecule has 1 amide bonds. The molecule has 0 atom stereocenters. The lowest BCUT2D eigenvalue weighted by Gasteiger charge is -2.31. The fraction of sp³-hybridized carbons (Fsp3) is 0.350. The monoisotopic (exact) mass is 382 g/mol. The number of aromatic nitrogens is 3. The zero-order chi connectivity index (χ0) is 19.3. The largest absolute Gasteiger partial charge is 0.493 e. The van der Waals surface area contributed by atoms with Crippen LogP contribution >= 0.6 is 0 Å². The number of carbonyl (C=O) groups excluding carboxylic acids is 1. The molecule has 1 fully saturated rings. The van der Waals surface area contributed by atoms with E-state index in [4.69, 9.17) is 13.9 Å². The summed E-state index contributed by atoms with van der Waals surface area (Å²) in [5.41, 5.74) is 0. The molecule has 3 heterocycles. The summed E-state index contributed by atoms with van der Waals surface area (Å²) in [5.74, 6) is 2.11. The average molecular weight is 382 g/mol. The minimum atomic E-state index is -0.0967. The molecule has 28 heavy (non-hydrogen) atoms. The highest BCUT2D eigenvalue weighted by Crippen LogP contribution is 2.27. The molecule has 146 valence electrons. The van der Waals surface area contributed by atoms with Crippen LogP contribution in [0.4, 0.5) is 0 Å². The van der Waals surface area contributed by atoms with E-state index in [9.17, 15) is 4.79 Å². The summed E-state index contributed by atoms with van der Waals surface area (Å²) in [6, 6.07) is 11.2. The van der Waals surface area contributed by atoms with E-state index in [0.29, 0.717) is 36.1 Å². The van der Waals surface area contributed by atoms with Crippen LogP contribution in [0.3, 0.4) is 0 Å². The van der Waals surface area contributed by atoms with Crippen LogP contribution in [0.2, 0.25) is 0 Å². The first-order valence-electron chi connectivity index (χ1n) is 9.22. The number of para-hydroxylation sites is 2. The molecule has 8 heteroatoms. The van der Waals surface area contributed by atoms with Crippen LogP contribution in [-0.2, 0) is 6.61 Å². The number of benzene rings is 1. The van der Waals surface area contributed by atoms with Gasteiger partial charge in [-0.25, -0.2) is 9.67 Å². The first-order chi connectivity index (χ1) is 13.7. The fourth-order valence-corrected chi connectivity index (χ4v) is 3.35. The Morgan fingerprint density at radius 2 is 1.96 bits per heavy atom. The van der Waals surface area contributed by atoms with Crippen LogP contribution in [0.5, 0.6) is 11.5 Å². The normalized spacial score (nSPS) is 14.8. The Balaban J connectivity index is 1.33. The molecule has 1 aromatic carbocycles. The van der Waals surface area contributed by atoms with Crippen molar-refractivity contribution in [2.75, 3.05) is 20.2 Å². The summed E-state index contributed by atoms with van der Waals surface area (Å²) in [4.78, 5) is 18.5. The summed E-state index contributed by atoms with van der Waals surface area (Å²) >= 11 is 0. The quantitative estimate of drug-likeness (QED) is 0.652. The molecule has 0 aliphatic carbocycles. The van der Waals surface area contributed by atoms with Gasteiger partial charge in [-0.2, -0.15) is 5.10 Å². The molecule has 0 unspecified atom stereocenters. The van der Waals surface area contributed by atoms with Crippen molar-refractivity contribution in [3.05, 3.63) is 60.6 Å². The number of likely N-dealkylation sites (tertiary alicyclic amines) is 1. The molecular weight excluding hydrogens is 360 g/mol. The first-order valence-corrected chi connectivity index (χ1v) is 9.22. The van der Waals surface area contributed by atoms with Gasteiger partial charge in [0.15, 0.2) is 17.3 Å². The molecule has 0 radical (unpaired) electrons. The minimum Gasteiger partial charge on any atom is -0.493 e. The van der Waals surface area contributed by atoms with E-state index in [0.717, 1.165) is 12.8 Å². The Kier molecular flexibility index (Phi) is 5.27. The van der Waals surface area contributed by atoms with Gasteiger partial charge in [0, 0.05) is 13.1 Å². The maximum atomic E-state index is 12.7. The number of hydrogen-bond donors (Lipinski definition) is 0. The molecule has 1 aliphatic heterocycles. The van der Waals surface area contributed by atoms with E-state index >= 15 is 0 Å². The van der Waals surface area contributed by atoms with Gasteiger partial charge in [0.1, 0.15) is 25.0 Å². The second-order valence-electron chi connectivity index (χ2n) is 6.60. The van der Waals surface area contributed by atoms with Crippen molar-refractivity contribution in [1.29, 1.82) is 0 Å². The van der Waals surface area contributed by atoms with Gasteiger partial charge in [0.25, 0.3) is 5.91 Å². The molecular formula is C20H22N4O4. The number of hydrogen-bond acceptors (Lipinski definition) is 6. The summed E-state index contributed by atoms with van der Waals surface area (Å²) in [7, 11) is 1.60. The zero-order valence-electron chi connectivity index (χ0n) is 15.7. The Bertz CT molecular complexity index is 914. The average Bonchev–Trinajstić information content (AvgIpc) is 3.44. The van der Waals surface area contributed by atoms with Crippen molar-refractivity contribution in [1.82, 2.24) is 19.7 Å². The maximum Gasteiger partial charge on any atom is 0.289 e. The minimum absolute atomic E-state index is 0.0967. The molecule has 0 N–H and O–H groups in total. The van der Waals surface area contributed by atoms with E-state index in [1.165, 1.54) is 6.33 Å². The van der Waals surface area contributed by atoms with E-state index in [1.807, 2.05) is 33.8 Å². The number of nitrogens with zero attached hydrogens (tertiary/aromatic N) is 4. The maximum absolute atomic E-state index is 12.7. The van der Waals surface area contributed by atoms with E-state index in [-0.39, 0.29) is 18.6 Å². The summed E-state index contributed by atoms with van der Waals surface area (Å²) in [5, 5.41) is 4.19. The van der Waals surface area contributed by atoms with Gasteiger partial charge in [-0.05, 0) is 37.1 Å². The lowest BCUT2D eigenvalue weighted by atomic mass is 10.1. The van der Waals surface area contributed by atoms with Gasteiger partial charge >= 0.3 is 0 Å². The van der Waals surface area contributed by atoms with Crippen molar-refractivity contribution in [2.45, 2.75) is 25.5 Å². The van der Waals surface area contributed by atoms with Gasteiger partial charge in [-0.15, -0.1) is 0 Å². The van der Waals surface area contributed by atoms with Gasteiger partial charge in [0.05, 0.1) is 13.2 Å². The Morgan fingerprint density at radius 3 is 2.68 bits per heavy atom. The van der Waals surface area contributed by atoms with Gasteiger partial charge < -0.3 is 18.8 Å².